The van der Waals surface area contributed by atoms with E-state index in [-0.39, 0.29) is 0 Å². The van der Waals surface area contributed by atoms with Gasteiger partial charge in [-0.1, -0.05) is 15.9 Å². The van der Waals surface area contributed by atoms with Gasteiger partial charge in [0.25, 0.3) is 0 Å². The van der Waals surface area contributed by atoms with E-state index in [2.05, 4.69) is 21.2 Å². The molecule has 0 aliphatic carbocycles. The zero-order valence-corrected chi connectivity index (χ0v) is 10.9. The van der Waals surface area contributed by atoms with Gasteiger partial charge in [-0.25, -0.2) is 0 Å². The molecule has 2 rings (SSSR count). The number of hydrogen-bond acceptors (Lipinski definition) is 3. The fraction of sp³-hybridized carbons (Fsp3) is 0.154. The minimum atomic E-state index is 0.342. The average Bonchev–Trinajstić information content (AvgIpc) is 2.76. The van der Waals surface area contributed by atoms with E-state index in [1.165, 1.54) is 0 Å². The number of nitriles is 1. The van der Waals surface area contributed by atoms with Gasteiger partial charge < -0.3 is 9.73 Å². The molecule has 17 heavy (non-hydrogen) atoms. The van der Waals surface area contributed by atoms with Crippen LogP contribution in [0.1, 0.15) is 17.1 Å². The van der Waals surface area contributed by atoms with E-state index in [9.17, 15) is 0 Å². The SMILES string of the molecule is Cc1cc(Br)ccc1NCc1ccc(C#N)o1. The van der Waals surface area contributed by atoms with Crippen molar-refractivity contribution in [3.63, 3.8) is 0 Å². The van der Waals surface area contributed by atoms with Crippen LogP contribution in [0.4, 0.5) is 5.69 Å². The molecule has 0 fully saturated rings. The first-order chi connectivity index (χ1) is 8.19. The third-order valence-corrected chi connectivity index (χ3v) is 2.91. The fourth-order valence-electron chi connectivity index (χ4n) is 1.54. The number of nitrogens with zero attached hydrogens (tertiary/aromatic N) is 1. The molecule has 4 heteroatoms. The van der Waals surface area contributed by atoms with Crippen molar-refractivity contribution < 1.29 is 4.42 Å². The quantitative estimate of drug-likeness (QED) is 0.934. The zero-order valence-electron chi connectivity index (χ0n) is 9.33. The molecule has 0 saturated carbocycles. The molecule has 0 unspecified atom stereocenters. The largest absolute Gasteiger partial charge is 0.449 e. The summed E-state index contributed by atoms with van der Waals surface area (Å²) < 4.78 is 6.35. The van der Waals surface area contributed by atoms with Crippen LogP contribution in [0.15, 0.2) is 39.2 Å². The molecule has 0 atom stereocenters. The molecule has 0 radical (unpaired) electrons. The highest BCUT2D eigenvalue weighted by Gasteiger charge is 2.02. The molecule has 86 valence electrons. The van der Waals surface area contributed by atoms with E-state index in [4.69, 9.17) is 9.68 Å². The molecule has 3 nitrogen and oxygen atoms in total. The van der Waals surface area contributed by atoms with E-state index >= 15 is 0 Å². The van der Waals surface area contributed by atoms with Crippen molar-refractivity contribution in [3.8, 4) is 6.07 Å². The van der Waals surface area contributed by atoms with Crippen LogP contribution in [0, 0.1) is 18.3 Å². The van der Waals surface area contributed by atoms with E-state index in [0.717, 1.165) is 21.5 Å². The maximum atomic E-state index is 8.64. The maximum Gasteiger partial charge on any atom is 0.203 e. The van der Waals surface area contributed by atoms with Crippen molar-refractivity contribution in [1.82, 2.24) is 0 Å². The Morgan fingerprint density at radius 2 is 2.18 bits per heavy atom. The molecule has 1 heterocycles. The Labute approximate surface area is 108 Å². The smallest absolute Gasteiger partial charge is 0.203 e. The molecule has 0 spiro atoms. The van der Waals surface area contributed by atoms with Gasteiger partial charge in [-0.2, -0.15) is 5.26 Å². The molecule has 0 saturated heterocycles. The lowest BCUT2D eigenvalue weighted by molar-refractivity contribution is 0.506. The van der Waals surface area contributed by atoms with Gasteiger partial charge in [-0.3, -0.25) is 0 Å². The van der Waals surface area contributed by atoms with Gasteiger partial charge in [0.2, 0.25) is 5.76 Å². The topological polar surface area (TPSA) is 49.0 Å². The summed E-state index contributed by atoms with van der Waals surface area (Å²) in [4.78, 5) is 0. The van der Waals surface area contributed by atoms with Crippen LogP contribution < -0.4 is 5.32 Å². The summed E-state index contributed by atoms with van der Waals surface area (Å²) >= 11 is 3.42. The standard InChI is InChI=1S/C13H11BrN2O/c1-9-6-10(14)2-5-13(9)16-8-12-4-3-11(7-15)17-12/h2-6,16H,8H2,1H3. The van der Waals surface area contributed by atoms with Crippen LogP contribution in [-0.2, 0) is 6.54 Å². The summed E-state index contributed by atoms with van der Waals surface area (Å²) in [6.07, 6.45) is 0. The summed E-state index contributed by atoms with van der Waals surface area (Å²) in [5, 5.41) is 11.9. The Morgan fingerprint density at radius 1 is 1.35 bits per heavy atom. The number of benzene rings is 1. The lowest BCUT2D eigenvalue weighted by Gasteiger charge is -2.08. The van der Waals surface area contributed by atoms with Crippen molar-refractivity contribution >= 4 is 21.6 Å². The van der Waals surface area contributed by atoms with E-state index in [1.54, 1.807) is 12.1 Å². The number of hydrogen-bond donors (Lipinski definition) is 1. The Balaban J connectivity index is 2.05. The van der Waals surface area contributed by atoms with Crippen LogP contribution in [0.5, 0.6) is 0 Å². The third-order valence-electron chi connectivity index (χ3n) is 2.41. The van der Waals surface area contributed by atoms with Crippen molar-refractivity contribution in [2.24, 2.45) is 0 Å². The monoisotopic (exact) mass is 290 g/mol. The van der Waals surface area contributed by atoms with Crippen LogP contribution in [0.25, 0.3) is 0 Å². The lowest BCUT2D eigenvalue weighted by Crippen LogP contribution is -1.99. The van der Waals surface area contributed by atoms with Crippen LogP contribution in [-0.4, -0.2) is 0 Å². The van der Waals surface area contributed by atoms with Gasteiger partial charge in [-0.05, 0) is 42.8 Å². The minimum Gasteiger partial charge on any atom is -0.449 e. The Kier molecular flexibility index (Phi) is 3.50. The molecule has 0 amide bonds. The average molecular weight is 291 g/mol. The normalized spacial score (nSPS) is 9.94. The van der Waals surface area contributed by atoms with E-state index in [1.807, 2.05) is 31.2 Å². The van der Waals surface area contributed by atoms with Crippen molar-refractivity contribution in [2.75, 3.05) is 5.32 Å². The molecule has 0 aliphatic heterocycles. The number of furan rings is 1. The second-order valence-electron chi connectivity index (χ2n) is 3.69. The summed E-state index contributed by atoms with van der Waals surface area (Å²) in [6.45, 7) is 2.61. The second-order valence-corrected chi connectivity index (χ2v) is 4.61. The van der Waals surface area contributed by atoms with Crippen molar-refractivity contribution in [3.05, 3.63) is 51.9 Å². The molecule has 0 bridgehead atoms. The molecule has 1 aromatic heterocycles. The predicted molar refractivity (Wildman–Crippen MR) is 69.6 cm³/mol. The van der Waals surface area contributed by atoms with Crippen molar-refractivity contribution in [2.45, 2.75) is 13.5 Å². The molecule has 0 aliphatic rings. The first-order valence-corrected chi connectivity index (χ1v) is 5.97. The molecular weight excluding hydrogens is 280 g/mol. The summed E-state index contributed by atoms with van der Waals surface area (Å²) in [5.74, 6) is 1.10. The molecule has 2 aromatic rings. The molecule has 1 N–H and O–H groups in total. The minimum absolute atomic E-state index is 0.342. The first-order valence-electron chi connectivity index (χ1n) is 5.18. The zero-order chi connectivity index (χ0) is 12.3. The van der Waals surface area contributed by atoms with Gasteiger partial charge in [0.15, 0.2) is 0 Å². The predicted octanol–water partition coefficient (Wildman–Crippen LogP) is 3.83. The van der Waals surface area contributed by atoms with Crippen LogP contribution >= 0.6 is 15.9 Å². The lowest BCUT2D eigenvalue weighted by atomic mass is 10.2. The summed E-state index contributed by atoms with van der Waals surface area (Å²) in [5.41, 5.74) is 2.22. The van der Waals surface area contributed by atoms with Gasteiger partial charge in [-0.15, -0.1) is 0 Å². The number of anilines is 1. The van der Waals surface area contributed by atoms with E-state index in [0.29, 0.717) is 12.3 Å². The summed E-state index contributed by atoms with van der Waals surface area (Å²) in [7, 11) is 0. The number of rotatable bonds is 3. The Bertz CT molecular complexity index is 569. The highest BCUT2D eigenvalue weighted by molar-refractivity contribution is 9.10. The Morgan fingerprint density at radius 3 is 2.82 bits per heavy atom. The second kappa shape index (κ2) is 5.07. The molecule has 1 aromatic carbocycles. The van der Waals surface area contributed by atoms with Gasteiger partial charge in [0.1, 0.15) is 11.8 Å². The number of halogens is 1. The first kappa shape index (κ1) is 11.7. The number of aryl methyl sites for hydroxylation is 1. The van der Waals surface area contributed by atoms with Gasteiger partial charge >= 0.3 is 0 Å². The summed E-state index contributed by atoms with van der Waals surface area (Å²) in [6, 6.07) is 11.5. The van der Waals surface area contributed by atoms with Gasteiger partial charge in [0.05, 0.1) is 6.54 Å². The third kappa shape index (κ3) is 2.89. The highest BCUT2D eigenvalue weighted by atomic mass is 79.9. The highest BCUT2D eigenvalue weighted by Crippen LogP contribution is 2.20. The molecular formula is C13H11BrN2O. The fourth-order valence-corrected chi connectivity index (χ4v) is 2.02. The van der Waals surface area contributed by atoms with Crippen LogP contribution in [0.2, 0.25) is 0 Å². The van der Waals surface area contributed by atoms with Crippen LogP contribution in [0.3, 0.4) is 0 Å². The van der Waals surface area contributed by atoms with Gasteiger partial charge in [0, 0.05) is 10.2 Å². The van der Waals surface area contributed by atoms with Crippen molar-refractivity contribution in [1.29, 1.82) is 5.26 Å². The number of nitrogens with one attached hydrogen (secondary N) is 1. The Hall–Kier alpha value is -1.73. The maximum absolute atomic E-state index is 8.64. The van der Waals surface area contributed by atoms with E-state index < -0.39 is 0 Å².